The predicted octanol–water partition coefficient (Wildman–Crippen LogP) is 3.93. The number of hydrogen-bond acceptors (Lipinski definition) is 6. The van der Waals surface area contributed by atoms with E-state index in [-0.39, 0.29) is 17.1 Å². The number of rotatable bonds is 7. The average Bonchev–Trinajstić information content (AvgIpc) is 2.78. The van der Waals surface area contributed by atoms with Crippen LogP contribution in [0.5, 0.6) is 5.75 Å². The Morgan fingerprint density at radius 1 is 1.11 bits per heavy atom. The van der Waals surface area contributed by atoms with Crippen LogP contribution in [0.25, 0.3) is 0 Å². The molecular formula is C26H31N3O5S. The molecule has 0 aliphatic rings. The second-order valence-electron chi connectivity index (χ2n) is 8.94. The number of terminal acetylenes is 1. The first kappa shape index (κ1) is 27.6. The summed E-state index contributed by atoms with van der Waals surface area (Å²) in [5.41, 5.74) is 1.17. The number of thiol groups is 1. The lowest BCUT2D eigenvalue weighted by molar-refractivity contribution is -0.136. The Labute approximate surface area is 211 Å². The number of nitrogens with zero attached hydrogens (tertiary/aromatic N) is 1. The number of ether oxygens (including phenoxy) is 1. The third-order valence-electron chi connectivity index (χ3n) is 5.02. The van der Waals surface area contributed by atoms with Gasteiger partial charge in [-0.2, -0.15) is 12.6 Å². The summed E-state index contributed by atoms with van der Waals surface area (Å²) in [6.45, 7) is 8.54. The van der Waals surface area contributed by atoms with Crippen molar-refractivity contribution in [2.45, 2.75) is 52.3 Å². The number of alkyl carbamates (subject to hydrolysis) is 1. The quantitative estimate of drug-likeness (QED) is 0.263. The molecule has 0 fully saturated rings. The average molecular weight is 498 g/mol. The summed E-state index contributed by atoms with van der Waals surface area (Å²) in [7, 11) is 0. The van der Waals surface area contributed by atoms with Crippen LogP contribution in [0.2, 0.25) is 0 Å². The first-order chi connectivity index (χ1) is 16.4. The van der Waals surface area contributed by atoms with Gasteiger partial charge in [-0.1, -0.05) is 42.8 Å². The molecule has 0 saturated carbocycles. The van der Waals surface area contributed by atoms with Gasteiger partial charge in [0.1, 0.15) is 17.4 Å². The molecule has 186 valence electrons. The molecule has 0 aromatic heterocycles. The molecule has 9 heteroatoms. The first-order valence-corrected chi connectivity index (χ1v) is 11.6. The number of carbonyl (C=O) groups is 3. The van der Waals surface area contributed by atoms with Crippen LogP contribution in [-0.4, -0.2) is 45.3 Å². The van der Waals surface area contributed by atoms with Crippen molar-refractivity contribution in [1.82, 2.24) is 10.2 Å². The third kappa shape index (κ3) is 7.17. The Balaban J connectivity index is 2.48. The number of amides is 3. The minimum atomic E-state index is -1.39. The molecule has 2 rings (SSSR count). The van der Waals surface area contributed by atoms with Gasteiger partial charge in [-0.3, -0.25) is 14.5 Å². The van der Waals surface area contributed by atoms with E-state index in [1.54, 1.807) is 52.0 Å². The topological polar surface area (TPSA) is 108 Å². The number of para-hydroxylation sites is 2. The van der Waals surface area contributed by atoms with E-state index in [2.05, 4.69) is 29.3 Å². The van der Waals surface area contributed by atoms with Gasteiger partial charge in [-0.05, 0) is 51.8 Å². The number of hydrogen-bond donors (Lipinski definition) is 4. The highest BCUT2D eigenvalue weighted by Crippen LogP contribution is 2.33. The fraction of sp³-hybridized carbons (Fsp3) is 0.346. The highest BCUT2D eigenvalue weighted by molar-refractivity contribution is 7.80. The van der Waals surface area contributed by atoms with Gasteiger partial charge in [0.15, 0.2) is 6.04 Å². The zero-order chi connectivity index (χ0) is 26.3. The van der Waals surface area contributed by atoms with E-state index < -0.39 is 35.6 Å². The van der Waals surface area contributed by atoms with Gasteiger partial charge in [-0.15, -0.1) is 0 Å². The van der Waals surface area contributed by atoms with Crippen molar-refractivity contribution in [2.75, 3.05) is 11.1 Å². The van der Waals surface area contributed by atoms with Gasteiger partial charge in [0.2, 0.25) is 0 Å². The highest BCUT2D eigenvalue weighted by Gasteiger charge is 2.37. The zero-order valence-electron chi connectivity index (χ0n) is 20.5. The van der Waals surface area contributed by atoms with Gasteiger partial charge in [0.05, 0.1) is 0 Å². The summed E-state index contributed by atoms with van der Waals surface area (Å²) in [6, 6.07) is 11.6. The van der Waals surface area contributed by atoms with Crippen molar-refractivity contribution in [2.24, 2.45) is 0 Å². The lowest BCUT2D eigenvalue weighted by atomic mass is 9.99. The Morgan fingerprint density at radius 2 is 1.74 bits per heavy atom. The molecule has 0 spiro atoms. The normalized spacial score (nSPS) is 12.6. The summed E-state index contributed by atoms with van der Waals surface area (Å²) in [4.78, 5) is 40.1. The molecule has 2 atom stereocenters. The molecule has 0 radical (unpaired) electrons. The van der Waals surface area contributed by atoms with Gasteiger partial charge in [0, 0.05) is 23.0 Å². The molecule has 2 unspecified atom stereocenters. The van der Waals surface area contributed by atoms with E-state index in [1.165, 1.54) is 6.07 Å². The molecule has 2 aromatic carbocycles. The smallest absolute Gasteiger partial charge is 0.408 e. The standard InChI is InChI=1S/C26H31N3O5S/c1-7-29(24(32)20(15-35)28-25(33)34-26(4,5)6)21(18-13-10-12-17(3)22(18)30)23(31)27-19-14-9-8-11-16(19)2/h1,8-14,20-21,30,35H,15H2,2-6H3,(H,27,31)(H,28,33). The van der Waals surface area contributed by atoms with E-state index >= 15 is 0 Å². The fourth-order valence-corrected chi connectivity index (χ4v) is 3.53. The maximum atomic E-state index is 13.5. The molecule has 3 N–H and O–H groups in total. The van der Waals surface area contributed by atoms with Gasteiger partial charge >= 0.3 is 6.09 Å². The van der Waals surface area contributed by atoms with Crippen LogP contribution >= 0.6 is 12.6 Å². The van der Waals surface area contributed by atoms with Crippen LogP contribution in [-0.2, 0) is 14.3 Å². The summed E-state index contributed by atoms with van der Waals surface area (Å²) < 4.78 is 5.23. The number of nitrogens with one attached hydrogen (secondary N) is 2. The molecule has 0 heterocycles. The minimum absolute atomic E-state index is 0.109. The summed E-state index contributed by atoms with van der Waals surface area (Å²) in [6.07, 6.45) is 4.88. The van der Waals surface area contributed by atoms with E-state index in [9.17, 15) is 19.5 Å². The molecule has 2 aromatic rings. The Bertz CT molecular complexity index is 1140. The van der Waals surface area contributed by atoms with Gasteiger partial charge < -0.3 is 20.5 Å². The van der Waals surface area contributed by atoms with Crippen molar-refractivity contribution in [3.05, 3.63) is 59.2 Å². The third-order valence-corrected chi connectivity index (χ3v) is 5.39. The van der Waals surface area contributed by atoms with E-state index in [0.29, 0.717) is 11.3 Å². The second kappa shape index (κ2) is 11.7. The second-order valence-corrected chi connectivity index (χ2v) is 9.30. The molecule has 0 saturated heterocycles. The molecule has 0 aliphatic heterocycles. The molecule has 3 amide bonds. The Hall–Kier alpha value is -3.64. The van der Waals surface area contributed by atoms with Gasteiger partial charge in [0.25, 0.3) is 11.8 Å². The fourth-order valence-electron chi connectivity index (χ4n) is 3.28. The number of aromatic hydroxyl groups is 1. The number of benzene rings is 2. The lowest BCUT2D eigenvalue weighted by Crippen LogP contribution is -2.51. The van der Waals surface area contributed by atoms with Crippen LogP contribution < -0.4 is 10.6 Å². The maximum Gasteiger partial charge on any atom is 0.408 e. The monoisotopic (exact) mass is 497 g/mol. The van der Waals surface area contributed by atoms with Crippen molar-refractivity contribution in [1.29, 1.82) is 0 Å². The maximum absolute atomic E-state index is 13.5. The van der Waals surface area contributed by atoms with E-state index in [4.69, 9.17) is 11.2 Å². The van der Waals surface area contributed by atoms with Crippen LogP contribution in [0.15, 0.2) is 42.5 Å². The number of phenols is 1. The zero-order valence-corrected chi connectivity index (χ0v) is 21.3. The van der Waals surface area contributed by atoms with Crippen molar-refractivity contribution >= 4 is 36.2 Å². The SMILES string of the molecule is C#CN(C(=O)C(CS)NC(=O)OC(C)(C)C)C(C(=O)Nc1ccccc1C)c1cccc(C)c1O. The minimum Gasteiger partial charge on any atom is -0.507 e. The van der Waals surface area contributed by atoms with Crippen LogP contribution in [0.1, 0.15) is 43.5 Å². The molecule has 0 aliphatic carbocycles. The number of phenolic OH excluding ortho intramolecular Hbond substituents is 1. The van der Waals surface area contributed by atoms with Crippen molar-refractivity contribution in [3.63, 3.8) is 0 Å². The van der Waals surface area contributed by atoms with E-state index in [1.807, 2.05) is 19.1 Å². The van der Waals surface area contributed by atoms with Crippen LogP contribution in [0.3, 0.4) is 0 Å². The number of anilines is 1. The highest BCUT2D eigenvalue weighted by atomic mass is 32.1. The summed E-state index contributed by atoms with van der Waals surface area (Å²) >= 11 is 4.18. The summed E-state index contributed by atoms with van der Waals surface area (Å²) in [5.74, 6) is -1.68. The lowest BCUT2D eigenvalue weighted by Gasteiger charge is -2.30. The molecule has 8 nitrogen and oxygen atoms in total. The van der Waals surface area contributed by atoms with E-state index in [0.717, 1.165) is 10.5 Å². The Kier molecular flexibility index (Phi) is 9.20. The summed E-state index contributed by atoms with van der Waals surface area (Å²) in [5, 5.41) is 16.0. The molecular weight excluding hydrogens is 466 g/mol. The number of aryl methyl sites for hydroxylation is 2. The van der Waals surface area contributed by atoms with Crippen molar-refractivity contribution in [3.8, 4) is 18.2 Å². The predicted molar refractivity (Wildman–Crippen MR) is 138 cm³/mol. The van der Waals surface area contributed by atoms with Gasteiger partial charge in [-0.25, -0.2) is 4.79 Å². The van der Waals surface area contributed by atoms with Crippen LogP contribution in [0, 0.1) is 26.3 Å². The molecule has 35 heavy (non-hydrogen) atoms. The first-order valence-electron chi connectivity index (χ1n) is 10.9. The molecule has 0 bridgehead atoms. The number of carbonyl (C=O) groups excluding carboxylic acids is 3. The largest absolute Gasteiger partial charge is 0.507 e. The van der Waals surface area contributed by atoms with Crippen LogP contribution in [0.4, 0.5) is 10.5 Å². The Morgan fingerprint density at radius 3 is 2.31 bits per heavy atom. The van der Waals surface area contributed by atoms with Crippen molar-refractivity contribution < 1.29 is 24.2 Å².